The molecule has 1 aromatic heterocycles. The normalized spacial score (nSPS) is 18.5. The summed E-state index contributed by atoms with van der Waals surface area (Å²) in [5.74, 6) is -0.380. The highest BCUT2D eigenvalue weighted by atomic mass is 16.2. The lowest BCUT2D eigenvalue weighted by Crippen LogP contribution is -2.55. The number of piperazine rings is 1. The highest BCUT2D eigenvalue weighted by molar-refractivity contribution is 6.08. The first kappa shape index (κ1) is 20.7. The molecule has 1 fully saturated rings. The van der Waals surface area contributed by atoms with Gasteiger partial charge < -0.3 is 15.2 Å². The Kier molecular flexibility index (Phi) is 5.27. The molecule has 2 amide bonds. The molecule has 158 valence electrons. The fourth-order valence-electron chi connectivity index (χ4n) is 3.92. The van der Waals surface area contributed by atoms with Crippen molar-refractivity contribution in [2.75, 3.05) is 0 Å². The lowest BCUT2D eigenvalue weighted by atomic mass is 9.86. The summed E-state index contributed by atoms with van der Waals surface area (Å²) in [5.41, 5.74) is 3.74. The second kappa shape index (κ2) is 7.91. The zero-order valence-electron chi connectivity index (χ0n) is 18.1. The molecule has 1 saturated heterocycles. The predicted octanol–water partition coefficient (Wildman–Crippen LogP) is 4.52. The first-order valence-electron chi connectivity index (χ1n) is 10.4. The van der Waals surface area contributed by atoms with Crippen LogP contribution in [0.5, 0.6) is 0 Å². The average molecular weight is 414 g/mol. The van der Waals surface area contributed by atoms with E-state index in [1.807, 2.05) is 60.7 Å². The van der Waals surface area contributed by atoms with Gasteiger partial charge in [0.25, 0.3) is 5.91 Å². The number of amides is 2. The molecule has 31 heavy (non-hydrogen) atoms. The van der Waals surface area contributed by atoms with Gasteiger partial charge in [0.2, 0.25) is 5.91 Å². The van der Waals surface area contributed by atoms with Crippen LogP contribution >= 0.6 is 0 Å². The van der Waals surface area contributed by atoms with Gasteiger partial charge >= 0.3 is 0 Å². The number of allylic oxidation sites excluding steroid dienone is 1. The largest absolute Gasteiger partial charge is 0.357 e. The first-order chi connectivity index (χ1) is 14.8. The van der Waals surface area contributed by atoms with E-state index in [4.69, 9.17) is 0 Å². The molecule has 5 nitrogen and oxygen atoms in total. The molecular formula is C26H27N3O2. The summed E-state index contributed by atoms with van der Waals surface area (Å²) in [7, 11) is 0. The van der Waals surface area contributed by atoms with E-state index >= 15 is 0 Å². The van der Waals surface area contributed by atoms with Crippen molar-refractivity contribution in [3.63, 3.8) is 0 Å². The van der Waals surface area contributed by atoms with E-state index in [0.717, 1.165) is 27.7 Å². The van der Waals surface area contributed by atoms with Gasteiger partial charge in [-0.3, -0.25) is 9.59 Å². The van der Waals surface area contributed by atoms with E-state index in [1.54, 1.807) is 17.9 Å². The number of H-pyrrole nitrogens is 1. The second-order valence-electron chi connectivity index (χ2n) is 8.53. The van der Waals surface area contributed by atoms with Gasteiger partial charge in [-0.2, -0.15) is 0 Å². The number of rotatable bonds is 5. The summed E-state index contributed by atoms with van der Waals surface area (Å²) in [5, 5.41) is 3.82. The summed E-state index contributed by atoms with van der Waals surface area (Å²) in [6.45, 7) is 10.2. The number of aromatic amines is 1. The smallest absolute Gasteiger partial charge is 0.271 e. The number of hydrogen-bond acceptors (Lipinski definition) is 2. The topological polar surface area (TPSA) is 65.2 Å². The van der Waals surface area contributed by atoms with Crippen LogP contribution in [-0.4, -0.2) is 27.7 Å². The number of fused-ring (bicyclic) bond motifs is 1. The molecule has 3 aromatic rings. The highest BCUT2D eigenvalue weighted by Gasteiger charge is 2.35. The second-order valence-corrected chi connectivity index (χ2v) is 8.53. The third kappa shape index (κ3) is 3.79. The van der Waals surface area contributed by atoms with E-state index in [0.29, 0.717) is 6.54 Å². The summed E-state index contributed by atoms with van der Waals surface area (Å²) in [6.07, 6.45) is 3.67. The van der Waals surface area contributed by atoms with Gasteiger partial charge in [0.05, 0.1) is 0 Å². The highest BCUT2D eigenvalue weighted by Crippen LogP contribution is 2.34. The summed E-state index contributed by atoms with van der Waals surface area (Å²) >= 11 is 0. The number of benzene rings is 2. The molecular weight excluding hydrogens is 386 g/mol. The minimum atomic E-state index is -0.545. The predicted molar refractivity (Wildman–Crippen MR) is 124 cm³/mol. The minimum absolute atomic E-state index is 0.189. The molecule has 0 radical (unpaired) electrons. The molecule has 2 aromatic carbocycles. The van der Waals surface area contributed by atoms with Crippen LogP contribution in [-0.2, 0) is 21.5 Å². The van der Waals surface area contributed by atoms with Crippen LogP contribution in [0.25, 0.3) is 17.0 Å². The molecule has 2 N–H and O–H groups in total. The standard InChI is InChI=1S/C26H27N3O2/c1-5-26(3,4)23-20(19-13-9-10-14-21(19)27-23)15-22-25(31)29(17(2)24(30)28-22)16-18-11-7-6-8-12-18/h5-15,17,27H,1,16H2,2-4H3,(H,28,30)/b22-15-. The van der Waals surface area contributed by atoms with E-state index in [9.17, 15) is 9.59 Å². The number of para-hydroxylation sites is 1. The molecule has 1 atom stereocenters. The molecule has 2 heterocycles. The average Bonchev–Trinajstić information content (AvgIpc) is 3.15. The van der Waals surface area contributed by atoms with Crippen molar-refractivity contribution in [1.82, 2.24) is 15.2 Å². The fourth-order valence-corrected chi connectivity index (χ4v) is 3.92. The zero-order valence-corrected chi connectivity index (χ0v) is 18.1. The van der Waals surface area contributed by atoms with Crippen molar-refractivity contribution in [2.24, 2.45) is 0 Å². The summed E-state index contributed by atoms with van der Waals surface area (Å²) in [6, 6.07) is 17.1. The van der Waals surface area contributed by atoms with E-state index < -0.39 is 6.04 Å². The van der Waals surface area contributed by atoms with Gasteiger partial charge in [0, 0.05) is 34.1 Å². The van der Waals surface area contributed by atoms with Crippen molar-refractivity contribution in [3.8, 4) is 0 Å². The Labute approximate surface area is 182 Å². The molecule has 1 aliphatic heterocycles. The van der Waals surface area contributed by atoms with E-state index in [2.05, 4.69) is 30.7 Å². The maximum absolute atomic E-state index is 13.4. The van der Waals surface area contributed by atoms with Crippen LogP contribution in [0.3, 0.4) is 0 Å². The van der Waals surface area contributed by atoms with Crippen LogP contribution in [0.15, 0.2) is 72.9 Å². The van der Waals surface area contributed by atoms with Crippen molar-refractivity contribution in [2.45, 2.75) is 38.8 Å². The Balaban J connectivity index is 1.80. The van der Waals surface area contributed by atoms with Gasteiger partial charge in [0.1, 0.15) is 11.7 Å². The van der Waals surface area contributed by atoms with E-state index in [1.165, 1.54) is 0 Å². The van der Waals surface area contributed by atoms with Gasteiger partial charge in [-0.05, 0) is 24.6 Å². The van der Waals surface area contributed by atoms with Crippen molar-refractivity contribution < 1.29 is 9.59 Å². The number of nitrogens with one attached hydrogen (secondary N) is 2. The SMILES string of the molecule is C=CC(C)(C)c1[nH]c2ccccc2c1/C=C1\NC(=O)C(C)N(Cc2ccccc2)C1=O. The Morgan fingerprint density at radius 1 is 1.06 bits per heavy atom. The van der Waals surface area contributed by atoms with Crippen LogP contribution in [0.2, 0.25) is 0 Å². The van der Waals surface area contributed by atoms with Gasteiger partial charge in [0.15, 0.2) is 0 Å². The lowest BCUT2D eigenvalue weighted by Gasteiger charge is -2.34. The van der Waals surface area contributed by atoms with Crippen molar-refractivity contribution in [1.29, 1.82) is 0 Å². The van der Waals surface area contributed by atoms with Gasteiger partial charge in [-0.1, -0.05) is 68.5 Å². The Morgan fingerprint density at radius 3 is 2.45 bits per heavy atom. The molecule has 0 aliphatic carbocycles. The quantitative estimate of drug-likeness (QED) is 0.477. The minimum Gasteiger partial charge on any atom is -0.357 e. The first-order valence-corrected chi connectivity index (χ1v) is 10.4. The maximum atomic E-state index is 13.4. The Hall–Kier alpha value is -3.60. The summed E-state index contributed by atoms with van der Waals surface area (Å²) < 4.78 is 0. The van der Waals surface area contributed by atoms with Crippen molar-refractivity contribution >= 4 is 28.8 Å². The van der Waals surface area contributed by atoms with Crippen LogP contribution < -0.4 is 5.32 Å². The molecule has 0 spiro atoms. The molecule has 4 rings (SSSR count). The number of hydrogen-bond donors (Lipinski definition) is 2. The zero-order chi connectivity index (χ0) is 22.2. The van der Waals surface area contributed by atoms with Gasteiger partial charge in [-0.25, -0.2) is 0 Å². The summed E-state index contributed by atoms with van der Waals surface area (Å²) in [4.78, 5) is 31.2. The third-order valence-electron chi connectivity index (χ3n) is 5.98. The fraction of sp³-hybridized carbons (Fsp3) is 0.231. The molecule has 0 bridgehead atoms. The number of carbonyl (C=O) groups excluding carboxylic acids is 2. The Bertz CT molecular complexity index is 1190. The molecule has 1 aliphatic rings. The maximum Gasteiger partial charge on any atom is 0.271 e. The monoisotopic (exact) mass is 413 g/mol. The molecule has 0 saturated carbocycles. The van der Waals surface area contributed by atoms with E-state index in [-0.39, 0.29) is 22.9 Å². The molecule has 1 unspecified atom stereocenters. The van der Waals surface area contributed by atoms with Crippen LogP contribution in [0.4, 0.5) is 0 Å². The van der Waals surface area contributed by atoms with Crippen LogP contribution in [0.1, 0.15) is 37.6 Å². The number of aromatic nitrogens is 1. The number of carbonyl (C=O) groups is 2. The van der Waals surface area contributed by atoms with Gasteiger partial charge in [-0.15, -0.1) is 6.58 Å². The lowest BCUT2D eigenvalue weighted by molar-refractivity contribution is -0.142. The number of nitrogens with zero attached hydrogens (tertiary/aromatic N) is 1. The van der Waals surface area contributed by atoms with Crippen LogP contribution in [0, 0.1) is 0 Å². The Morgan fingerprint density at radius 2 is 1.74 bits per heavy atom. The van der Waals surface area contributed by atoms with Crippen molar-refractivity contribution in [3.05, 3.63) is 89.8 Å². The third-order valence-corrected chi connectivity index (χ3v) is 5.98. The molecule has 5 heteroatoms.